The summed E-state index contributed by atoms with van der Waals surface area (Å²) in [6, 6.07) is 60.2. The van der Waals surface area contributed by atoms with Gasteiger partial charge in [-0.3, -0.25) is 9.55 Å². The van der Waals surface area contributed by atoms with Gasteiger partial charge in [-0.2, -0.15) is 0 Å². The molecule has 0 spiro atoms. The Morgan fingerprint density at radius 3 is 2.05 bits per heavy atom. The Bertz CT molecular complexity index is 3070. The maximum Gasteiger partial charge on any atom is 0.161 e. The van der Waals surface area contributed by atoms with E-state index in [0.29, 0.717) is 11.4 Å². The molecule has 0 aliphatic rings. The number of benzene rings is 7. The Balaban J connectivity index is 1.26. The fourth-order valence-electron chi connectivity index (χ4n) is 8.11. The quantitative estimate of drug-likeness (QED) is 0.178. The lowest BCUT2D eigenvalue weighted by atomic mass is 9.76. The SMILES string of the molecule is CC(C)(c1ccccc1)c1cc(-c2cccc3c2nc(-c2ccccc2O)n3-c2ccccc2-c2ccccc2)cc(-c2nccc3c2oc2ccccc23)c1. The fraction of sp³-hybridized carbons (Fsp3) is 0.0588. The number of aromatic hydroxyl groups is 1. The molecule has 1 N–H and O–H groups in total. The first-order valence-corrected chi connectivity index (χ1v) is 18.9. The maximum absolute atomic E-state index is 11.3. The molecule has 0 saturated carbocycles. The summed E-state index contributed by atoms with van der Waals surface area (Å²) >= 11 is 0. The van der Waals surface area contributed by atoms with Gasteiger partial charge < -0.3 is 9.52 Å². The van der Waals surface area contributed by atoms with Crippen LogP contribution in [0.1, 0.15) is 25.0 Å². The predicted molar refractivity (Wildman–Crippen MR) is 228 cm³/mol. The van der Waals surface area contributed by atoms with E-state index in [2.05, 4.69) is 140 Å². The van der Waals surface area contributed by atoms with Crippen LogP contribution < -0.4 is 0 Å². The molecule has 268 valence electrons. The number of aromatic nitrogens is 3. The van der Waals surface area contributed by atoms with Crippen LogP contribution >= 0.6 is 0 Å². The molecular formula is C51H37N3O2. The second kappa shape index (κ2) is 13.3. The fourth-order valence-corrected chi connectivity index (χ4v) is 8.11. The van der Waals surface area contributed by atoms with Crippen molar-refractivity contribution in [1.82, 2.24) is 14.5 Å². The molecule has 0 aliphatic heterocycles. The molecule has 0 fully saturated rings. The first-order valence-electron chi connectivity index (χ1n) is 18.9. The normalized spacial score (nSPS) is 11.8. The average molecular weight is 724 g/mol. The highest BCUT2D eigenvalue weighted by atomic mass is 16.3. The van der Waals surface area contributed by atoms with E-state index in [1.54, 1.807) is 6.07 Å². The third-order valence-electron chi connectivity index (χ3n) is 11.1. The summed E-state index contributed by atoms with van der Waals surface area (Å²) < 4.78 is 8.72. The van der Waals surface area contributed by atoms with E-state index in [1.165, 1.54) is 5.56 Å². The number of fused-ring (bicyclic) bond motifs is 4. The summed E-state index contributed by atoms with van der Waals surface area (Å²) in [6.07, 6.45) is 1.87. The molecular weight excluding hydrogens is 687 g/mol. The summed E-state index contributed by atoms with van der Waals surface area (Å²) in [7, 11) is 0. The lowest BCUT2D eigenvalue weighted by Crippen LogP contribution is -2.19. The van der Waals surface area contributed by atoms with Gasteiger partial charge in [0, 0.05) is 39.1 Å². The number of phenolic OH excluding ortho intramolecular Hbond substituents is 1. The molecule has 0 atom stereocenters. The molecule has 0 radical (unpaired) electrons. The van der Waals surface area contributed by atoms with Crippen molar-refractivity contribution in [3.63, 3.8) is 0 Å². The van der Waals surface area contributed by atoms with Gasteiger partial charge in [-0.1, -0.05) is 141 Å². The standard InChI is InChI=1S/C51H37N3O2/c1-51(2,36-18-7-4-8-19-36)37-31-34(30-35(32-37)47-49-41(28-29-52-47)40-21-11-14-27-46(40)56-49)39-23-15-25-44-48(39)53-50(42-22-10-13-26-45(42)55)54(44)43-24-12-9-20-38(43)33-16-5-3-6-17-33/h3-32,55H,1-2H3. The number of rotatable bonds is 7. The Kier molecular flexibility index (Phi) is 7.89. The molecule has 56 heavy (non-hydrogen) atoms. The van der Waals surface area contributed by atoms with Crippen molar-refractivity contribution in [3.8, 4) is 56.3 Å². The van der Waals surface area contributed by atoms with E-state index >= 15 is 0 Å². The molecule has 0 amide bonds. The van der Waals surface area contributed by atoms with Gasteiger partial charge in [0.05, 0.1) is 22.3 Å². The molecule has 3 aromatic heterocycles. The smallest absolute Gasteiger partial charge is 0.161 e. The Labute approximate surface area is 324 Å². The molecule has 10 aromatic rings. The van der Waals surface area contributed by atoms with Crippen LogP contribution in [0.25, 0.3) is 83.6 Å². The molecule has 10 rings (SSSR count). The van der Waals surface area contributed by atoms with E-state index in [4.69, 9.17) is 14.4 Å². The van der Waals surface area contributed by atoms with Crippen molar-refractivity contribution >= 4 is 33.0 Å². The third kappa shape index (κ3) is 5.47. The van der Waals surface area contributed by atoms with Crippen molar-refractivity contribution < 1.29 is 9.52 Å². The molecule has 7 aromatic carbocycles. The maximum atomic E-state index is 11.3. The van der Waals surface area contributed by atoms with E-state index in [1.807, 2.05) is 54.7 Å². The van der Waals surface area contributed by atoms with Gasteiger partial charge in [0.1, 0.15) is 22.9 Å². The van der Waals surface area contributed by atoms with Crippen LogP contribution in [-0.2, 0) is 5.41 Å². The minimum absolute atomic E-state index is 0.168. The van der Waals surface area contributed by atoms with Gasteiger partial charge in [-0.25, -0.2) is 4.98 Å². The van der Waals surface area contributed by atoms with E-state index in [-0.39, 0.29) is 11.2 Å². The van der Waals surface area contributed by atoms with Crippen LogP contribution in [-0.4, -0.2) is 19.6 Å². The van der Waals surface area contributed by atoms with Crippen LogP contribution in [0.15, 0.2) is 187 Å². The van der Waals surface area contributed by atoms with Gasteiger partial charge >= 0.3 is 0 Å². The van der Waals surface area contributed by atoms with Gasteiger partial charge in [0.25, 0.3) is 0 Å². The summed E-state index contributed by atoms with van der Waals surface area (Å²) in [6.45, 7) is 4.54. The van der Waals surface area contributed by atoms with Crippen molar-refractivity contribution in [1.29, 1.82) is 0 Å². The van der Waals surface area contributed by atoms with Crippen molar-refractivity contribution in [2.24, 2.45) is 0 Å². The van der Waals surface area contributed by atoms with Gasteiger partial charge in [-0.05, 0) is 70.8 Å². The second-order valence-corrected chi connectivity index (χ2v) is 14.8. The Morgan fingerprint density at radius 2 is 1.23 bits per heavy atom. The number of hydrogen-bond acceptors (Lipinski definition) is 4. The molecule has 0 saturated heterocycles. The first kappa shape index (κ1) is 33.3. The number of pyridine rings is 1. The van der Waals surface area contributed by atoms with Crippen molar-refractivity contribution in [2.75, 3.05) is 0 Å². The molecule has 0 unspecified atom stereocenters. The third-order valence-corrected chi connectivity index (χ3v) is 11.1. The van der Waals surface area contributed by atoms with Gasteiger partial charge in [0.15, 0.2) is 5.58 Å². The molecule has 0 bridgehead atoms. The number of para-hydroxylation sites is 4. The van der Waals surface area contributed by atoms with E-state index < -0.39 is 0 Å². The minimum Gasteiger partial charge on any atom is -0.507 e. The highest BCUT2D eigenvalue weighted by Crippen LogP contribution is 2.43. The van der Waals surface area contributed by atoms with Crippen LogP contribution in [0.5, 0.6) is 5.75 Å². The molecule has 5 heteroatoms. The van der Waals surface area contributed by atoms with E-state index in [9.17, 15) is 5.11 Å². The van der Waals surface area contributed by atoms with Crippen molar-refractivity contribution in [2.45, 2.75) is 19.3 Å². The van der Waals surface area contributed by atoms with Crippen LogP contribution in [0.4, 0.5) is 0 Å². The molecule has 0 aliphatic carbocycles. The Hall–Kier alpha value is -7.24. The van der Waals surface area contributed by atoms with Crippen LogP contribution in [0.2, 0.25) is 0 Å². The average Bonchev–Trinajstić information content (AvgIpc) is 3.83. The number of nitrogens with zero attached hydrogens (tertiary/aromatic N) is 3. The number of phenols is 1. The molecule has 3 heterocycles. The number of hydrogen-bond donors (Lipinski definition) is 1. The van der Waals surface area contributed by atoms with Crippen LogP contribution in [0, 0.1) is 0 Å². The van der Waals surface area contributed by atoms with Gasteiger partial charge in [-0.15, -0.1) is 0 Å². The minimum atomic E-state index is -0.351. The summed E-state index contributed by atoms with van der Waals surface area (Å²) in [5.41, 5.74) is 12.8. The zero-order chi connectivity index (χ0) is 37.8. The van der Waals surface area contributed by atoms with Gasteiger partial charge in [0.2, 0.25) is 0 Å². The predicted octanol–water partition coefficient (Wildman–Crippen LogP) is 13.0. The zero-order valence-corrected chi connectivity index (χ0v) is 31.0. The second-order valence-electron chi connectivity index (χ2n) is 14.8. The summed E-state index contributed by atoms with van der Waals surface area (Å²) in [5.74, 6) is 0.824. The monoisotopic (exact) mass is 723 g/mol. The summed E-state index contributed by atoms with van der Waals surface area (Å²) in [5, 5.41) is 13.4. The van der Waals surface area contributed by atoms with Crippen molar-refractivity contribution in [3.05, 3.63) is 193 Å². The molecule has 5 nitrogen and oxygen atoms in total. The highest BCUT2D eigenvalue weighted by Gasteiger charge is 2.27. The highest BCUT2D eigenvalue weighted by molar-refractivity contribution is 6.09. The first-order chi connectivity index (χ1) is 27.5. The Morgan fingerprint density at radius 1 is 0.554 bits per heavy atom. The zero-order valence-electron chi connectivity index (χ0n) is 31.0. The largest absolute Gasteiger partial charge is 0.507 e. The van der Waals surface area contributed by atoms with Crippen LogP contribution in [0.3, 0.4) is 0 Å². The lowest BCUT2D eigenvalue weighted by molar-refractivity contribution is 0.477. The topological polar surface area (TPSA) is 64.1 Å². The number of furan rings is 1. The lowest BCUT2D eigenvalue weighted by Gasteiger charge is -2.27. The number of imidazole rings is 1. The van der Waals surface area contributed by atoms with E-state index in [0.717, 1.165) is 77.7 Å². The summed E-state index contributed by atoms with van der Waals surface area (Å²) in [4.78, 5) is 10.4.